The van der Waals surface area contributed by atoms with Gasteiger partial charge in [-0.1, -0.05) is 17.7 Å². The van der Waals surface area contributed by atoms with Crippen LogP contribution in [0.5, 0.6) is 5.75 Å². The Morgan fingerprint density at radius 1 is 0.828 bits per heavy atom. The molecule has 2 amide bonds. The van der Waals surface area contributed by atoms with Crippen LogP contribution in [0.4, 0.5) is 11.4 Å². The number of hydrogen-bond donors (Lipinski definition) is 2. The van der Waals surface area contributed by atoms with Gasteiger partial charge in [0, 0.05) is 21.8 Å². The number of rotatable bonds is 7. The van der Waals surface area contributed by atoms with Crippen molar-refractivity contribution in [2.45, 2.75) is 11.8 Å². The topological polar surface area (TPSA) is 67.4 Å². The van der Waals surface area contributed by atoms with Gasteiger partial charge in [-0.05, 0) is 67.6 Å². The molecule has 0 aliphatic heterocycles. The van der Waals surface area contributed by atoms with Crippen molar-refractivity contribution in [1.29, 1.82) is 0 Å². The molecule has 3 aromatic carbocycles. The Balaban J connectivity index is 1.48. The number of carbonyl (C=O) groups is 2. The van der Waals surface area contributed by atoms with E-state index in [2.05, 4.69) is 10.6 Å². The molecule has 0 aliphatic rings. The molecule has 3 rings (SSSR count). The molecule has 29 heavy (non-hydrogen) atoms. The summed E-state index contributed by atoms with van der Waals surface area (Å²) < 4.78 is 5.10. The molecule has 0 saturated heterocycles. The number of aryl methyl sites for hydroxylation is 1. The number of benzene rings is 3. The predicted molar refractivity (Wildman–Crippen MR) is 118 cm³/mol. The van der Waals surface area contributed by atoms with E-state index in [1.807, 2.05) is 43.3 Å². The molecule has 0 atom stereocenters. The second kappa shape index (κ2) is 9.80. The summed E-state index contributed by atoms with van der Waals surface area (Å²) in [6, 6.07) is 22.0. The minimum atomic E-state index is -0.149. The van der Waals surface area contributed by atoms with E-state index in [0.717, 1.165) is 21.9 Å². The average Bonchev–Trinajstić information content (AvgIpc) is 2.74. The molecule has 5 nitrogen and oxygen atoms in total. The molecule has 0 aliphatic carbocycles. The largest absolute Gasteiger partial charge is 0.497 e. The third-order valence-corrected chi connectivity index (χ3v) is 5.18. The minimum absolute atomic E-state index is 0.0862. The Morgan fingerprint density at radius 2 is 1.41 bits per heavy atom. The first-order chi connectivity index (χ1) is 14.0. The number of hydrogen-bond acceptors (Lipinski definition) is 4. The van der Waals surface area contributed by atoms with E-state index >= 15 is 0 Å². The minimum Gasteiger partial charge on any atom is -0.497 e. The van der Waals surface area contributed by atoms with E-state index in [-0.39, 0.29) is 11.8 Å². The molecular weight excluding hydrogens is 384 g/mol. The van der Waals surface area contributed by atoms with Gasteiger partial charge in [0.25, 0.3) is 5.91 Å². The zero-order chi connectivity index (χ0) is 20.6. The molecular formula is C23H22N2O3S. The van der Waals surface area contributed by atoms with Crippen molar-refractivity contribution in [3.05, 3.63) is 83.9 Å². The first kappa shape index (κ1) is 20.5. The van der Waals surface area contributed by atoms with Crippen LogP contribution < -0.4 is 15.4 Å². The SMILES string of the molecule is COc1ccc(NC(=O)CSc2ccc(NC(=O)c3ccc(C)cc3)cc2)cc1. The Kier molecular flexibility index (Phi) is 6.92. The fraction of sp³-hybridized carbons (Fsp3) is 0.130. The second-order valence-corrected chi connectivity index (χ2v) is 7.46. The lowest BCUT2D eigenvalue weighted by Gasteiger charge is -2.08. The summed E-state index contributed by atoms with van der Waals surface area (Å²) in [4.78, 5) is 25.3. The van der Waals surface area contributed by atoms with Crippen molar-refractivity contribution in [3.63, 3.8) is 0 Å². The lowest BCUT2D eigenvalue weighted by molar-refractivity contribution is -0.113. The standard InChI is InChI=1S/C23H22N2O3S/c1-16-3-5-17(6-4-16)23(27)25-19-9-13-21(14-10-19)29-15-22(26)24-18-7-11-20(28-2)12-8-18/h3-14H,15H2,1-2H3,(H,24,26)(H,25,27). The number of methoxy groups -OCH3 is 1. The van der Waals surface area contributed by atoms with Crippen LogP contribution >= 0.6 is 11.8 Å². The summed E-state index contributed by atoms with van der Waals surface area (Å²) >= 11 is 1.43. The Hall–Kier alpha value is -3.25. The fourth-order valence-corrected chi connectivity index (χ4v) is 3.26. The third kappa shape index (κ3) is 6.12. The maximum absolute atomic E-state index is 12.3. The number of thioether (sulfide) groups is 1. The van der Waals surface area contributed by atoms with Gasteiger partial charge in [-0.2, -0.15) is 0 Å². The van der Waals surface area contributed by atoms with Crippen molar-refractivity contribution >= 4 is 35.0 Å². The lowest BCUT2D eigenvalue weighted by Crippen LogP contribution is -2.14. The first-order valence-corrected chi connectivity index (χ1v) is 10.1. The van der Waals surface area contributed by atoms with E-state index < -0.39 is 0 Å². The van der Waals surface area contributed by atoms with E-state index in [0.29, 0.717) is 17.0 Å². The molecule has 0 heterocycles. The summed E-state index contributed by atoms with van der Waals surface area (Å²) in [7, 11) is 1.60. The zero-order valence-corrected chi connectivity index (χ0v) is 17.1. The van der Waals surface area contributed by atoms with E-state index in [4.69, 9.17) is 4.74 Å². The van der Waals surface area contributed by atoms with Crippen LogP contribution in [0.25, 0.3) is 0 Å². The van der Waals surface area contributed by atoms with Gasteiger partial charge < -0.3 is 15.4 Å². The second-order valence-electron chi connectivity index (χ2n) is 6.41. The molecule has 6 heteroatoms. The van der Waals surface area contributed by atoms with E-state index in [1.165, 1.54) is 11.8 Å². The maximum atomic E-state index is 12.3. The molecule has 148 valence electrons. The third-order valence-electron chi connectivity index (χ3n) is 4.17. The normalized spacial score (nSPS) is 10.3. The Morgan fingerprint density at radius 3 is 2.03 bits per heavy atom. The summed E-state index contributed by atoms with van der Waals surface area (Å²) in [5.41, 5.74) is 3.16. The number of ether oxygens (including phenoxy) is 1. The van der Waals surface area contributed by atoms with Crippen molar-refractivity contribution in [2.75, 3.05) is 23.5 Å². The van der Waals surface area contributed by atoms with Gasteiger partial charge in [0.1, 0.15) is 5.75 Å². The van der Waals surface area contributed by atoms with Crippen molar-refractivity contribution in [1.82, 2.24) is 0 Å². The smallest absolute Gasteiger partial charge is 0.255 e. The van der Waals surface area contributed by atoms with Gasteiger partial charge in [-0.25, -0.2) is 0 Å². The van der Waals surface area contributed by atoms with Crippen molar-refractivity contribution < 1.29 is 14.3 Å². The van der Waals surface area contributed by atoms with Gasteiger partial charge in [-0.15, -0.1) is 11.8 Å². The van der Waals surface area contributed by atoms with Gasteiger partial charge in [0.2, 0.25) is 5.91 Å². The van der Waals surface area contributed by atoms with Crippen LogP contribution in [-0.4, -0.2) is 24.7 Å². The average molecular weight is 407 g/mol. The summed E-state index contributed by atoms with van der Waals surface area (Å²) in [6.07, 6.45) is 0. The fourth-order valence-electron chi connectivity index (χ4n) is 2.56. The first-order valence-electron chi connectivity index (χ1n) is 9.08. The molecule has 0 radical (unpaired) electrons. The van der Waals surface area contributed by atoms with Gasteiger partial charge in [-0.3, -0.25) is 9.59 Å². The lowest BCUT2D eigenvalue weighted by atomic mass is 10.1. The zero-order valence-electron chi connectivity index (χ0n) is 16.3. The predicted octanol–water partition coefficient (Wildman–Crippen LogP) is 4.99. The Labute approximate surface area is 174 Å². The van der Waals surface area contributed by atoms with Crippen LogP contribution in [0.15, 0.2) is 77.7 Å². The summed E-state index contributed by atoms with van der Waals surface area (Å²) in [5.74, 6) is 0.800. The van der Waals surface area contributed by atoms with Gasteiger partial charge in [0.05, 0.1) is 12.9 Å². The highest BCUT2D eigenvalue weighted by atomic mass is 32.2. The molecule has 3 aromatic rings. The van der Waals surface area contributed by atoms with Crippen molar-refractivity contribution in [3.8, 4) is 5.75 Å². The van der Waals surface area contributed by atoms with Crippen molar-refractivity contribution in [2.24, 2.45) is 0 Å². The van der Waals surface area contributed by atoms with Gasteiger partial charge >= 0.3 is 0 Å². The number of anilines is 2. The van der Waals surface area contributed by atoms with Gasteiger partial charge in [0.15, 0.2) is 0 Å². The monoisotopic (exact) mass is 406 g/mol. The molecule has 0 unspecified atom stereocenters. The number of nitrogens with one attached hydrogen (secondary N) is 2. The van der Waals surface area contributed by atoms with E-state index in [9.17, 15) is 9.59 Å². The maximum Gasteiger partial charge on any atom is 0.255 e. The highest BCUT2D eigenvalue weighted by molar-refractivity contribution is 8.00. The van der Waals surface area contributed by atoms with Crippen LogP contribution in [-0.2, 0) is 4.79 Å². The summed E-state index contributed by atoms with van der Waals surface area (Å²) in [6.45, 7) is 1.98. The molecule has 0 fully saturated rings. The van der Waals surface area contributed by atoms with Crippen LogP contribution in [0.3, 0.4) is 0 Å². The van der Waals surface area contributed by atoms with Crippen LogP contribution in [0, 0.1) is 6.92 Å². The van der Waals surface area contributed by atoms with Crippen LogP contribution in [0.1, 0.15) is 15.9 Å². The quantitative estimate of drug-likeness (QED) is 0.543. The van der Waals surface area contributed by atoms with E-state index in [1.54, 1.807) is 43.5 Å². The highest BCUT2D eigenvalue weighted by Crippen LogP contribution is 2.21. The highest BCUT2D eigenvalue weighted by Gasteiger charge is 2.07. The summed E-state index contributed by atoms with van der Waals surface area (Å²) in [5, 5.41) is 5.72. The van der Waals surface area contributed by atoms with Crippen LogP contribution in [0.2, 0.25) is 0 Å². The molecule has 2 N–H and O–H groups in total. The number of amides is 2. The molecule has 0 bridgehead atoms. The molecule has 0 spiro atoms. The molecule has 0 aromatic heterocycles. The Bertz CT molecular complexity index is 969. The molecule has 0 saturated carbocycles. The number of carbonyl (C=O) groups excluding carboxylic acids is 2.